The zero-order valence-corrected chi connectivity index (χ0v) is 39.5. The number of pyridine rings is 2. The zero-order valence-electron chi connectivity index (χ0n) is 36.4. The van der Waals surface area contributed by atoms with Crippen LogP contribution in [0.25, 0.3) is 22.3 Å². The quantitative estimate of drug-likeness (QED) is 0.0799. The van der Waals surface area contributed by atoms with Gasteiger partial charge in [0.15, 0.2) is 28.9 Å². The van der Waals surface area contributed by atoms with Gasteiger partial charge in [-0.05, 0) is 76.9 Å². The third-order valence-electron chi connectivity index (χ3n) is 10.2. The average Bonchev–Trinajstić information content (AvgIpc) is 4.14. The molecular formula is C45H50Cl4F2N8O7. The number of benzene rings is 2. The molecule has 0 radical (unpaired) electrons. The van der Waals surface area contributed by atoms with Gasteiger partial charge >= 0.3 is 0 Å². The second-order valence-electron chi connectivity index (χ2n) is 15.8. The Kier molecular flexibility index (Phi) is 17.5. The van der Waals surface area contributed by atoms with Crippen LogP contribution in [-0.2, 0) is 27.3 Å². The van der Waals surface area contributed by atoms with Crippen LogP contribution in [0.4, 0.5) is 20.4 Å². The van der Waals surface area contributed by atoms with Crippen LogP contribution < -0.4 is 20.9 Å². The van der Waals surface area contributed by atoms with Gasteiger partial charge < -0.3 is 45.4 Å². The molecule has 2 saturated heterocycles. The first-order valence-electron chi connectivity index (χ1n) is 20.8. The van der Waals surface area contributed by atoms with Gasteiger partial charge in [-0.2, -0.15) is 10.2 Å². The van der Waals surface area contributed by atoms with Crippen molar-refractivity contribution in [2.75, 3.05) is 37.9 Å². The maximum absolute atomic E-state index is 13.9. The Morgan fingerprint density at radius 3 is 1.70 bits per heavy atom. The number of nitrogens with two attached hydrogens (primary N) is 2. The number of halogens is 6. The van der Waals surface area contributed by atoms with Crippen molar-refractivity contribution in [2.24, 2.45) is 0 Å². The predicted octanol–water partition coefficient (Wildman–Crippen LogP) is 9.53. The van der Waals surface area contributed by atoms with Crippen molar-refractivity contribution in [3.05, 3.63) is 116 Å². The maximum Gasteiger partial charge on any atom is 0.166 e. The lowest BCUT2D eigenvalue weighted by molar-refractivity contribution is -0.139. The lowest BCUT2D eigenvalue weighted by Crippen LogP contribution is -2.24. The number of hydrogen-bond acceptors (Lipinski definition) is 13. The summed E-state index contributed by atoms with van der Waals surface area (Å²) in [6.07, 6.45) is 10.3. The third-order valence-corrected chi connectivity index (χ3v) is 11.6. The van der Waals surface area contributed by atoms with Gasteiger partial charge in [-0.3, -0.25) is 9.36 Å². The molecule has 15 nitrogen and oxygen atoms in total. The van der Waals surface area contributed by atoms with E-state index in [1.165, 1.54) is 41.8 Å². The molecular weight excluding hydrogens is 944 g/mol. The van der Waals surface area contributed by atoms with Crippen LogP contribution in [0.2, 0.25) is 20.1 Å². The molecule has 0 saturated carbocycles. The van der Waals surface area contributed by atoms with Crippen molar-refractivity contribution in [3.63, 3.8) is 0 Å². The van der Waals surface area contributed by atoms with Crippen LogP contribution in [0.3, 0.4) is 0 Å². The number of hydrogen-bond donors (Lipinski definition) is 4. The van der Waals surface area contributed by atoms with E-state index in [1.807, 2.05) is 20.0 Å². The Hall–Kier alpha value is -4.82. The normalized spacial score (nSPS) is 16.7. The van der Waals surface area contributed by atoms with Crippen LogP contribution >= 0.6 is 46.4 Å². The van der Waals surface area contributed by atoms with Gasteiger partial charge in [-0.25, -0.2) is 18.7 Å². The minimum absolute atomic E-state index is 0.0807. The highest BCUT2D eigenvalue weighted by Gasteiger charge is 2.33. The number of ether oxygens (including phenoxy) is 5. The SMILES string of the molecule is C1CCOC1.CC(Oc1cc(-c2cnn(CC(O)CO)c2)cnc1N)c1c(Cl)ccc(F)c1Cl.CC(Oc1cc(-c2cnn(C[C@H]3COC(C)(C)O3)c2)cnc1N)c1c(Cl)ccc(F)c1Cl. The number of aliphatic hydroxyl groups excluding tert-OH is 2. The van der Waals surface area contributed by atoms with Gasteiger partial charge in [-0.1, -0.05) is 46.4 Å². The summed E-state index contributed by atoms with van der Waals surface area (Å²) < 4.78 is 59.2. The number of anilines is 2. The van der Waals surface area contributed by atoms with Crippen LogP contribution in [0.5, 0.6) is 11.5 Å². The van der Waals surface area contributed by atoms with Gasteiger partial charge in [0, 0.05) is 81.4 Å². The molecule has 2 aromatic carbocycles. The van der Waals surface area contributed by atoms with E-state index < -0.39 is 35.7 Å². The minimum atomic E-state index is -0.909. The van der Waals surface area contributed by atoms with Gasteiger partial charge in [-0.15, -0.1) is 0 Å². The Labute approximate surface area is 400 Å². The fourth-order valence-corrected chi connectivity index (χ4v) is 8.17. The van der Waals surface area contributed by atoms with Crippen molar-refractivity contribution in [1.29, 1.82) is 0 Å². The summed E-state index contributed by atoms with van der Waals surface area (Å²) >= 11 is 24.5. The molecule has 6 N–H and O–H groups in total. The van der Waals surface area contributed by atoms with Crippen LogP contribution in [0, 0.1) is 11.6 Å². The van der Waals surface area contributed by atoms with E-state index in [9.17, 15) is 13.9 Å². The molecule has 2 fully saturated rings. The summed E-state index contributed by atoms with van der Waals surface area (Å²) in [6.45, 7) is 10.0. The molecule has 66 heavy (non-hydrogen) atoms. The molecule has 8 rings (SSSR count). The molecule has 0 spiro atoms. The first-order chi connectivity index (χ1) is 31.4. The fourth-order valence-electron chi connectivity index (χ4n) is 6.81. The molecule has 6 aromatic rings. The Morgan fingerprint density at radius 1 is 0.773 bits per heavy atom. The second kappa shape index (κ2) is 22.8. The third kappa shape index (κ3) is 13.2. The Balaban J connectivity index is 0.000000198. The van der Waals surface area contributed by atoms with Gasteiger partial charge in [0.1, 0.15) is 29.9 Å². The lowest BCUT2D eigenvalue weighted by Gasteiger charge is -2.19. The van der Waals surface area contributed by atoms with Crippen LogP contribution in [0.15, 0.2) is 73.6 Å². The highest BCUT2D eigenvalue weighted by atomic mass is 35.5. The number of nitrogens with zero attached hydrogens (tertiary/aromatic N) is 6. The van der Waals surface area contributed by atoms with E-state index >= 15 is 0 Å². The molecule has 0 aliphatic carbocycles. The van der Waals surface area contributed by atoms with E-state index in [0.29, 0.717) is 46.2 Å². The molecule has 4 aromatic heterocycles. The van der Waals surface area contributed by atoms with E-state index in [1.54, 1.807) is 61.6 Å². The molecule has 21 heteroatoms. The molecule has 0 bridgehead atoms. The summed E-state index contributed by atoms with van der Waals surface area (Å²) in [4.78, 5) is 8.36. The molecule has 2 aliphatic heterocycles. The molecule has 0 amide bonds. The standard InChI is InChI=1S/C22H23Cl2FN4O3.C19H19Cl2FN4O3.C4H8O/c1-12(19-16(23)4-5-17(25)20(19)24)31-18-6-13(7-27-21(18)26)14-8-28-29(9-14)10-15-11-30-22(2,3)32-15;1-10(17-14(20)2-3-15(22)18(17)21)29-16-4-11(5-24-19(16)23)12-6-25-26(7-12)8-13(28)9-27;1-2-4-5-3-1/h4-9,12,15H,10-11H2,1-3H3,(H2,26,27);2-7,10,13,27-28H,8-9H2,1H3,(H2,23,24);1-4H2/t12?,15-;;/m0../s1. The Morgan fingerprint density at radius 2 is 1.26 bits per heavy atom. The van der Waals surface area contributed by atoms with Crippen LogP contribution in [0.1, 0.15) is 63.9 Å². The van der Waals surface area contributed by atoms with Crippen molar-refractivity contribution in [1.82, 2.24) is 29.5 Å². The van der Waals surface area contributed by atoms with Crippen molar-refractivity contribution in [3.8, 4) is 33.8 Å². The minimum Gasteiger partial charge on any atom is -0.482 e. The van der Waals surface area contributed by atoms with Gasteiger partial charge in [0.25, 0.3) is 0 Å². The summed E-state index contributed by atoms with van der Waals surface area (Å²) in [6, 6.07) is 8.65. The zero-order chi connectivity index (χ0) is 47.7. The maximum atomic E-state index is 13.9. The average molecular weight is 995 g/mol. The first kappa shape index (κ1) is 50.6. The monoisotopic (exact) mass is 992 g/mol. The smallest absolute Gasteiger partial charge is 0.166 e. The predicted molar refractivity (Wildman–Crippen MR) is 249 cm³/mol. The van der Waals surface area contributed by atoms with E-state index in [0.717, 1.165) is 24.3 Å². The second-order valence-corrected chi connectivity index (χ2v) is 17.3. The lowest BCUT2D eigenvalue weighted by atomic mass is 10.1. The van der Waals surface area contributed by atoms with E-state index in [-0.39, 0.29) is 51.7 Å². The summed E-state index contributed by atoms with van der Waals surface area (Å²) in [5.74, 6) is -0.823. The number of nitrogen functional groups attached to an aromatic ring is 2. The molecule has 4 atom stereocenters. The van der Waals surface area contributed by atoms with E-state index in [4.69, 9.17) is 86.7 Å². The molecule has 2 aliphatic rings. The van der Waals surface area contributed by atoms with Crippen molar-refractivity contribution < 1.29 is 42.7 Å². The molecule has 6 heterocycles. The number of rotatable bonds is 13. The van der Waals surface area contributed by atoms with Crippen LogP contribution in [-0.4, -0.2) is 84.2 Å². The molecule has 3 unspecified atom stereocenters. The fraction of sp³-hybridized carbons (Fsp3) is 0.378. The largest absolute Gasteiger partial charge is 0.482 e. The van der Waals surface area contributed by atoms with Crippen molar-refractivity contribution in [2.45, 2.75) is 83.8 Å². The number of aliphatic hydroxyl groups is 2. The van der Waals surface area contributed by atoms with Crippen molar-refractivity contribution >= 4 is 58.0 Å². The van der Waals surface area contributed by atoms with Gasteiger partial charge in [0.2, 0.25) is 0 Å². The molecule has 354 valence electrons. The summed E-state index contributed by atoms with van der Waals surface area (Å²) in [7, 11) is 0. The topological polar surface area (TPSA) is 200 Å². The summed E-state index contributed by atoms with van der Waals surface area (Å²) in [5, 5.41) is 27.4. The highest BCUT2D eigenvalue weighted by Crippen LogP contribution is 2.39. The first-order valence-corrected chi connectivity index (χ1v) is 22.3. The highest BCUT2D eigenvalue weighted by molar-refractivity contribution is 6.36. The number of aromatic nitrogens is 6. The Bertz CT molecular complexity index is 2570. The summed E-state index contributed by atoms with van der Waals surface area (Å²) in [5.41, 5.74) is 15.6. The van der Waals surface area contributed by atoms with Gasteiger partial charge in [0.05, 0.1) is 54.8 Å². The van der Waals surface area contributed by atoms with E-state index in [2.05, 4.69) is 20.2 Å².